The van der Waals surface area contributed by atoms with Crippen molar-refractivity contribution >= 4 is 0 Å². The molecule has 1 aromatic heterocycles. The second-order valence-electron chi connectivity index (χ2n) is 4.07. The van der Waals surface area contributed by atoms with Crippen molar-refractivity contribution < 1.29 is 9.13 Å². The minimum absolute atomic E-state index is 0.166. The first-order valence-electron chi connectivity index (χ1n) is 5.69. The summed E-state index contributed by atoms with van der Waals surface area (Å²) in [6, 6.07) is 9.81. The van der Waals surface area contributed by atoms with Gasteiger partial charge in [0.25, 0.3) is 0 Å². The average molecular weight is 246 g/mol. The van der Waals surface area contributed by atoms with Gasteiger partial charge in [-0.2, -0.15) is 0 Å². The predicted octanol–water partition coefficient (Wildman–Crippen LogP) is 2.47. The topological polar surface area (TPSA) is 48.1 Å². The van der Waals surface area contributed by atoms with Crippen LogP contribution in [-0.2, 0) is 6.42 Å². The van der Waals surface area contributed by atoms with Crippen LogP contribution in [0.3, 0.4) is 0 Å². The number of halogens is 1. The van der Waals surface area contributed by atoms with Crippen molar-refractivity contribution in [2.45, 2.75) is 12.5 Å². The van der Waals surface area contributed by atoms with Crippen LogP contribution in [0.1, 0.15) is 17.2 Å². The molecule has 2 aromatic rings. The highest BCUT2D eigenvalue weighted by molar-refractivity contribution is 5.24. The van der Waals surface area contributed by atoms with E-state index in [1.807, 2.05) is 6.07 Å². The molecular weight excluding hydrogens is 231 g/mol. The van der Waals surface area contributed by atoms with E-state index in [4.69, 9.17) is 10.5 Å². The summed E-state index contributed by atoms with van der Waals surface area (Å²) < 4.78 is 17.8. The Balaban J connectivity index is 2.05. The molecule has 4 heteroatoms. The molecule has 94 valence electrons. The molecule has 1 unspecified atom stereocenters. The van der Waals surface area contributed by atoms with Crippen molar-refractivity contribution in [2.75, 3.05) is 7.11 Å². The molecule has 3 nitrogen and oxygen atoms in total. The number of nitrogens with zero attached hydrogens (tertiary/aromatic N) is 1. The molecular formula is C14H15FN2O. The van der Waals surface area contributed by atoms with Gasteiger partial charge >= 0.3 is 0 Å². The number of hydrogen-bond acceptors (Lipinski definition) is 3. The predicted molar refractivity (Wildman–Crippen MR) is 67.8 cm³/mol. The largest absolute Gasteiger partial charge is 0.481 e. The van der Waals surface area contributed by atoms with Gasteiger partial charge in [0.2, 0.25) is 5.88 Å². The van der Waals surface area contributed by atoms with E-state index in [1.54, 1.807) is 31.5 Å². The third-order valence-corrected chi connectivity index (χ3v) is 2.76. The molecule has 18 heavy (non-hydrogen) atoms. The molecule has 0 fully saturated rings. The van der Waals surface area contributed by atoms with E-state index in [1.165, 1.54) is 12.1 Å². The third kappa shape index (κ3) is 3.05. The molecule has 0 saturated heterocycles. The highest BCUT2D eigenvalue weighted by atomic mass is 19.1. The number of hydrogen-bond donors (Lipinski definition) is 1. The Morgan fingerprint density at radius 2 is 1.94 bits per heavy atom. The van der Waals surface area contributed by atoms with Crippen LogP contribution in [0.4, 0.5) is 4.39 Å². The molecule has 2 rings (SSSR count). The zero-order chi connectivity index (χ0) is 13.0. The molecule has 2 N–H and O–H groups in total. The van der Waals surface area contributed by atoms with Crippen molar-refractivity contribution in [3.63, 3.8) is 0 Å². The van der Waals surface area contributed by atoms with Crippen molar-refractivity contribution in [3.05, 3.63) is 59.5 Å². The monoisotopic (exact) mass is 246 g/mol. The Kier molecular flexibility index (Phi) is 3.89. The smallest absolute Gasteiger partial charge is 0.212 e. The number of aromatic nitrogens is 1. The van der Waals surface area contributed by atoms with Gasteiger partial charge in [-0.1, -0.05) is 18.2 Å². The second kappa shape index (κ2) is 5.60. The molecule has 0 radical (unpaired) electrons. The van der Waals surface area contributed by atoms with Crippen LogP contribution in [0.15, 0.2) is 42.6 Å². The number of nitrogens with two attached hydrogens (primary N) is 1. The lowest BCUT2D eigenvalue weighted by atomic mass is 10.0. The van der Waals surface area contributed by atoms with Crippen LogP contribution in [-0.4, -0.2) is 12.1 Å². The number of rotatable bonds is 4. The normalized spacial score (nSPS) is 12.2. The van der Waals surface area contributed by atoms with E-state index >= 15 is 0 Å². The highest BCUT2D eigenvalue weighted by Gasteiger charge is 2.07. The Labute approximate surface area is 105 Å². The van der Waals surface area contributed by atoms with Gasteiger partial charge in [0.1, 0.15) is 5.82 Å². The van der Waals surface area contributed by atoms with Gasteiger partial charge in [-0.05, 0) is 29.7 Å². The Hall–Kier alpha value is -1.94. The summed E-state index contributed by atoms with van der Waals surface area (Å²) >= 11 is 0. The molecule has 0 spiro atoms. The quantitative estimate of drug-likeness (QED) is 0.901. The summed E-state index contributed by atoms with van der Waals surface area (Å²) in [5.41, 5.74) is 8.00. The lowest BCUT2D eigenvalue weighted by Crippen LogP contribution is -2.13. The van der Waals surface area contributed by atoms with Crippen molar-refractivity contribution in [2.24, 2.45) is 5.73 Å². The van der Waals surface area contributed by atoms with E-state index in [9.17, 15) is 4.39 Å². The van der Waals surface area contributed by atoms with Gasteiger partial charge in [0.15, 0.2) is 0 Å². The zero-order valence-corrected chi connectivity index (χ0v) is 10.1. The first-order chi connectivity index (χ1) is 8.69. The van der Waals surface area contributed by atoms with Gasteiger partial charge in [-0.25, -0.2) is 9.37 Å². The van der Waals surface area contributed by atoms with Crippen LogP contribution in [0.5, 0.6) is 5.88 Å². The summed E-state index contributed by atoms with van der Waals surface area (Å²) in [5, 5.41) is 0. The van der Waals surface area contributed by atoms with E-state index < -0.39 is 0 Å². The first kappa shape index (κ1) is 12.5. The number of ether oxygens (including phenoxy) is 1. The Morgan fingerprint density at radius 3 is 2.50 bits per heavy atom. The molecule has 1 heterocycles. The number of pyridine rings is 1. The number of methoxy groups -OCH3 is 1. The van der Waals surface area contributed by atoms with Gasteiger partial charge in [-0.3, -0.25) is 0 Å². The lowest BCUT2D eigenvalue weighted by Gasteiger charge is -2.12. The molecule has 0 saturated carbocycles. The van der Waals surface area contributed by atoms with Crippen molar-refractivity contribution in [1.82, 2.24) is 4.98 Å². The molecule has 0 aliphatic carbocycles. The summed E-state index contributed by atoms with van der Waals surface area (Å²) in [6.07, 6.45) is 2.39. The molecule has 0 amide bonds. The standard InChI is InChI=1S/C14H15FN2O/c1-18-14-7-2-10(9-17-14)8-13(16)11-3-5-12(15)6-4-11/h2-7,9,13H,8,16H2,1H3. The molecule has 1 aromatic carbocycles. The maximum absolute atomic E-state index is 12.8. The summed E-state index contributed by atoms with van der Waals surface area (Å²) in [5.74, 6) is 0.325. The fourth-order valence-electron chi connectivity index (χ4n) is 1.73. The Morgan fingerprint density at radius 1 is 1.22 bits per heavy atom. The van der Waals surface area contributed by atoms with Gasteiger partial charge < -0.3 is 10.5 Å². The van der Waals surface area contributed by atoms with Crippen LogP contribution in [0.25, 0.3) is 0 Å². The van der Waals surface area contributed by atoms with E-state index in [0.29, 0.717) is 12.3 Å². The van der Waals surface area contributed by atoms with Crippen LogP contribution >= 0.6 is 0 Å². The van der Waals surface area contributed by atoms with Crippen LogP contribution < -0.4 is 10.5 Å². The highest BCUT2D eigenvalue weighted by Crippen LogP contribution is 2.17. The van der Waals surface area contributed by atoms with Gasteiger partial charge in [0, 0.05) is 18.3 Å². The summed E-state index contributed by atoms with van der Waals surface area (Å²) in [7, 11) is 1.58. The molecule has 0 aliphatic rings. The maximum atomic E-state index is 12.8. The minimum atomic E-state index is -0.253. The first-order valence-corrected chi connectivity index (χ1v) is 5.69. The molecule has 0 aliphatic heterocycles. The average Bonchev–Trinajstić information content (AvgIpc) is 2.40. The van der Waals surface area contributed by atoms with E-state index in [2.05, 4.69) is 4.98 Å². The van der Waals surface area contributed by atoms with E-state index in [0.717, 1.165) is 11.1 Å². The fourth-order valence-corrected chi connectivity index (χ4v) is 1.73. The summed E-state index contributed by atoms with van der Waals surface area (Å²) in [4.78, 5) is 4.12. The molecule has 1 atom stereocenters. The molecule has 0 bridgehead atoms. The van der Waals surface area contributed by atoms with Crippen molar-refractivity contribution in [3.8, 4) is 5.88 Å². The Bertz CT molecular complexity index is 496. The summed E-state index contributed by atoms with van der Waals surface area (Å²) in [6.45, 7) is 0. The number of benzene rings is 1. The van der Waals surface area contributed by atoms with Crippen LogP contribution in [0.2, 0.25) is 0 Å². The maximum Gasteiger partial charge on any atom is 0.212 e. The van der Waals surface area contributed by atoms with Gasteiger partial charge in [0.05, 0.1) is 7.11 Å². The van der Waals surface area contributed by atoms with Crippen molar-refractivity contribution in [1.29, 1.82) is 0 Å². The SMILES string of the molecule is COc1ccc(CC(N)c2ccc(F)cc2)cn1. The van der Waals surface area contributed by atoms with Gasteiger partial charge in [-0.15, -0.1) is 0 Å². The minimum Gasteiger partial charge on any atom is -0.481 e. The third-order valence-electron chi connectivity index (χ3n) is 2.76. The zero-order valence-electron chi connectivity index (χ0n) is 10.1. The second-order valence-corrected chi connectivity index (χ2v) is 4.07. The lowest BCUT2D eigenvalue weighted by molar-refractivity contribution is 0.397. The van der Waals surface area contributed by atoms with E-state index in [-0.39, 0.29) is 11.9 Å². The van der Waals surface area contributed by atoms with Crippen LogP contribution in [0, 0.1) is 5.82 Å². The fraction of sp³-hybridized carbons (Fsp3) is 0.214.